The molecule has 1 N–H and O–H groups in total. The van der Waals surface area contributed by atoms with Gasteiger partial charge >= 0.3 is 6.36 Å². The summed E-state index contributed by atoms with van der Waals surface area (Å²) in [5.41, 5.74) is 3.86. The average Bonchev–Trinajstić information content (AvgIpc) is 2.78. The van der Waals surface area contributed by atoms with Crippen LogP contribution in [-0.2, 0) is 6.42 Å². The lowest BCUT2D eigenvalue weighted by molar-refractivity contribution is -0.274. The van der Waals surface area contributed by atoms with Crippen molar-refractivity contribution in [3.8, 4) is 22.6 Å². The maximum absolute atomic E-state index is 12.4. The summed E-state index contributed by atoms with van der Waals surface area (Å²) < 4.78 is 47.1. The van der Waals surface area contributed by atoms with E-state index in [9.17, 15) is 13.2 Å². The summed E-state index contributed by atoms with van der Waals surface area (Å²) in [6, 6.07) is 22.0. The zero-order valence-electron chi connectivity index (χ0n) is 18.1. The zero-order valence-corrected chi connectivity index (χ0v) is 18.1. The van der Waals surface area contributed by atoms with Gasteiger partial charge in [-0.05, 0) is 60.2 Å². The number of nitrogens with one attached hydrogen (secondary N) is 1. The Labute approximate surface area is 187 Å². The van der Waals surface area contributed by atoms with E-state index in [1.54, 1.807) is 12.1 Å². The normalized spacial score (nSPS) is 11.2. The predicted molar refractivity (Wildman–Crippen MR) is 122 cm³/mol. The highest BCUT2D eigenvalue weighted by Gasteiger charge is 2.30. The van der Waals surface area contributed by atoms with Crippen LogP contribution in [0.1, 0.15) is 31.7 Å². The monoisotopic (exact) mass is 443 g/mol. The number of aryl methyl sites for hydroxylation is 1. The molecule has 3 rings (SSSR count). The molecule has 0 saturated carbocycles. The topological polar surface area (TPSA) is 30.5 Å². The minimum absolute atomic E-state index is 0.236. The number of unbranched alkanes of at least 4 members (excludes halogenated alkanes) is 1. The van der Waals surface area contributed by atoms with Crippen LogP contribution in [0.5, 0.6) is 11.5 Å². The fraction of sp³-hybridized carbons (Fsp3) is 0.308. The van der Waals surface area contributed by atoms with E-state index in [0.29, 0.717) is 6.61 Å². The van der Waals surface area contributed by atoms with Gasteiger partial charge in [0.1, 0.15) is 11.5 Å². The Morgan fingerprint density at radius 2 is 1.56 bits per heavy atom. The molecule has 6 heteroatoms. The van der Waals surface area contributed by atoms with Crippen molar-refractivity contribution in [2.24, 2.45) is 0 Å². The third kappa shape index (κ3) is 7.52. The van der Waals surface area contributed by atoms with Gasteiger partial charge < -0.3 is 14.8 Å². The highest BCUT2D eigenvalue weighted by molar-refractivity contribution is 5.72. The van der Waals surface area contributed by atoms with Gasteiger partial charge in [-0.1, -0.05) is 61.9 Å². The van der Waals surface area contributed by atoms with Gasteiger partial charge in [-0.15, -0.1) is 13.2 Å². The molecule has 3 aromatic rings. The van der Waals surface area contributed by atoms with E-state index in [-0.39, 0.29) is 5.75 Å². The summed E-state index contributed by atoms with van der Waals surface area (Å²) >= 11 is 0. The first kappa shape index (κ1) is 23.5. The lowest BCUT2D eigenvalue weighted by atomic mass is 10.0. The fourth-order valence-electron chi connectivity index (χ4n) is 3.31. The molecule has 0 saturated heterocycles. The van der Waals surface area contributed by atoms with Gasteiger partial charge in [0.15, 0.2) is 0 Å². The van der Waals surface area contributed by atoms with Crippen molar-refractivity contribution >= 4 is 5.69 Å². The molecule has 0 aliphatic heterocycles. The molecule has 0 aliphatic carbocycles. The maximum atomic E-state index is 12.4. The molecule has 0 aliphatic rings. The largest absolute Gasteiger partial charge is 0.573 e. The number of hydrogen-bond acceptors (Lipinski definition) is 3. The Morgan fingerprint density at radius 1 is 0.844 bits per heavy atom. The van der Waals surface area contributed by atoms with Crippen molar-refractivity contribution in [1.29, 1.82) is 0 Å². The molecule has 0 aromatic heterocycles. The Hall–Kier alpha value is -3.15. The Balaban J connectivity index is 1.70. The summed E-state index contributed by atoms with van der Waals surface area (Å²) in [5.74, 6) is 0.541. The maximum Gasteiger partial charge on any atom is 0.573 e. The summed E-state index contributed by atoms with van der Waals surface area (Å²) in [5, 5.41) is 3.46. The molecule has 0 fully saturated rings. The first-order chi connectivity index (χ1) is 15.4. The fourth-order valence-corrected chi connectivity index (χ4v) is 3.31. The van der Waals surface area contributed by atoms with Crippen LogP contribution < -0.4 is 14.8 Å². The van der Waals surface area contributed by atoms with E-state index in [1.165, 1.54) is 17.7 Å². The number of benzene rings is 3. The second kappa shape index (κ2) is 11.5. The molecule has 3 aromatic carbocycles. The first-order valence-corrected chi connectivity index (χ1v) is 10.9. The first-order valence-electron chi connectivity index (χ1n) is 10.9. The molecular formula is C26H28F3NO2. The molecule has 32 heavy (non-hydrogen) atoms. The van der Waals surface area contributed by atoms with Crippen LogP contribution in [0, 0.1) is 0 Å². The highest BCUT2D eigenvalue weighted by atomic mass is 19.4. The van der Waals surface area contributed by atoms with Crippen molar-refractivity contribution in [2.45, 2.75) is 39.0 Å². The molecule has 0 atom stereocenters. The smallest absolute Gasteiger partial charge is 0.491 e. The minimum atomic E-state index is -4.70. The van der Waals surface area contributed by atoms with E-state index in [2.05, 4.69) is 29.1 Å². The number of ether oxygens (including phenoxy) is 2. The van der Waals surface area contributed by atoms with Crippen molar-refractivity contribution in [2.75, 3.05) is 18.5 Å². The third-order valence-electron chi connectivity index (χ3n) is 4.96. The summed E-state index contributed by atoms with van der Waals surface area (Å²) in [7, 11) is 0. The molecule has 0 spiro atoms. The molecule has 3 nitrogen and oxygen atoms in total. The second-order valence-electron chi connectivity index (χ2n) is 7.50. The van der Waals surface area contributed by atoms with E-state index in [1.807, 2.05) is 36.4 Å². The van der Waals surface area contributed by atoms with Gasteiger partial charge in [0, 0.05) is 6.54 Å². The summed E-state index contributed by atoms with van der Waals surface area (Å²) in [6.07, 6.45) is -0.748. The predicted octanol–water partition coefficient (Wildman–Crippen LogP) is 7.48. The van der Waals surface area contributed by atoms with E-state index in [0.717, 1.165) is 54.8 Å². The van der Waals surface area contributed by atoms with Crippen LogP contribution in [0.4, 0.5) is 18.9 Å². The lowest BCUT2D eigenvalue weighted by Gasteiger charge is -2.15. The van der Waals surface area contributed by atoms with Gasteiger partial charge in [0.05, 0.1) is 12.3 Å². The van der Waals surface area contributed by atoms with Crippen molar-refractivity contribution in [3.63, 3.8) is 0 Å². The van der Waals surface area contributed by atoms with Crippen molar-refractivity contribution in [3.05, 3.63) is 78.4 Å². The number of alkyl halides is 3. The van der Waals surface area contributed by atoms with Crippen LogP contribution in [0.2, 0.25) is 0 Å². The van der Waals surface area contributed by atoms with Crippen LogP contribution in [-0.4, -0.2) is 19.5 Å². The quantitative estimate of drug-likeness (QED) is 0.312. The molecular weight excluding hydrogens is 415 g/mol. The van der Waals surface area contributed by atoms with E-state index in [4.69, 9.17) is 4.74 Å². The van der Waals surface area contributed by atoms with E-state index >= 15 is 0 Å². The number of halogens is 3. The Morgan fingerprint density at radius 3 is 2.25 bits per heavy atom. The second-order valence-corrected chi connectivity index (χ2v) is 7.50. The molecule has 0 heterocycles. The Kier molecular flexibility index (Phi) is 8.42. The van der Waals surface area contributed by atoms with Gasteiger partial charge in [0.25, 0.3) is 0 Å². The SMILES string of the molecule is CCCCOc1ccc(-c2ccc(OC(F)(F)F)cc2)cc1NCCCc1ccccc1. The third-order valence-corrected chi connectivity index (χ3v) is 4.96. The standard InChI is InChI=1S/C26H28F3NO2/c1-2-3-18-31-25-16-13-22(21-11-14-23(15-12-21)32-26(27,28)29)19-24(25)30-17-7-10-20-8-5-4-6-9-20/h4-6,8-9,11-16,19,30H,2-3,7,10,17-18H2,1H3. The van der Waals surface area contributed by atoms with Crippen LogP contribution in [0.25, 0.3) is 11.1 Å². The van der Waals surface area contributed by atoms with Crippen LogP contribution >= 0.6 is 0 Å². The van der Waals surface area contributed by atoms with Gasteiger partial charge in [0.2, 0.25) is 0 Å². The summed E-state index contributed by atoms with van der Waals surface area (Å²) in [6.45, 7) is 3.53. The Bertz CT molecular complexity index is 957. The minimum Gasteiger partial charge on any atom is -0.491 e. The average molecular weight is 444 g/mol. The van der Waals surface area contributed by atoms with Crippen molar-refractivity contribution in [1.82, 2.24) is 0 Å². The van der Waals surface area contributed by atoms with Crippen molar-refractivity contribution < 1.29 is 22.6 Å². The molecule has 0 bridgehead atoms. The molecule has 0 radical (unpaired) electrons. The summed E-state index contributed by atoms with van der Waals surface area (Å²) in [4.78, 5) is 0. The zero-order chi connectivity index (χ0) is 22.8. The van der Waals surface area contributed by atoms with Crippen LogP contribution in [0.3, 0.4) is 0 Å². The molecule has 0 amide bonds. The molecule has 0 unspecified atom stereocenters. The molecule has 170 valence electrons. The number of hydrogen-bond donors (Lipinski definition) is 1. The van der Waals surface area contributed by atoms with Gasteiger partial charge in [-0.25, -0.2) is 0 Å². The highest BCUT2D eigenvalue weighted by Crippen LogP contribution is 2.32. The number of anilines is 1. The van der Waals surface area contributed by atoms with Gasteiger partial charge in [-0.2, -0.15) is 0 Å². The van der Waals surface area contributed by atoms with Crippen LogP contribution in [0.15, 0.2) is 72.8 Å². The lowest BCUT2D eigenvalue weighted by Crippen LogP contribution is -2.16. The van der Waals surface area contributed by atoms with E-state index < -0.39 is 6.36 Å². The van der Waals surface area contributed by atoms with Gasteiger partial charge in [-0.3, -0.25) is 0 Å². The number of rotatable bonds is 11.